The number of carbonyl (C=O) groups excluding carboxylic acids is 2. The number of hydrogen-bond donors (Lipinski definition) is 1. The number of esters is 1. The minimum absolute atomic E-state index is 0.0278. The Morgan fingerprint density at radius 3 is 2.69 bits per heavy atom. The lowest BCUT2D eigenvalue weighted by atomic mass is 10.1. The van der Waals surface area contributed by atoms with Crippen LogP contribution in [0.5, 0.6) is 0 Å². The quantitative estimate of drug-likeness (QED) is 0.207. The minimum Gasteiger partial charge on any atom is -0.465 e. The number of methoxy groups -OCH3 is 1. The smallest absolute Gasteiger partial charge is 0.337 e. The van der Waals surface area contributed by atoms with Crippen molar-refractivity contribution >= 4 is 46.1 Å². The number of nitriles is 1. The Bertz CT molecular complexity index is 1510. The van der Waals surface area contributed by atoms with Crippen molar-refractivity contribution in [3.63, 3.8) is 0 Å². The fourth-order valence-corrected chi connectivity index (χ4v) is 4.03. The van der Waals surface area contributed by atoms with Crippen LogP contribution in [-0.2, 0) is 16.1 Å². The highest BCUT2D eigenvalue weighted by atomic mass is 35.5. The predicted molar refractivity (Wildman–Crippen MR) is 137 cm³/mol. The van der Waals surface area contributed by atoms with E-state index in [-0.39, 0.29) is 5.57 Å². The minimum atomic E-state index is -0.513. The molecule has 0 aliphatic heterocycles. The third-order valence-corrected chi connectivity index (χ3v) is 5.87. The molecule has 7 heteroatoms. The van der Waals surface area contributed by atoms with Gasteiger partial charge in [-0.25, -0.2) is 4.79 Å². The molecule has 0 aliphatic rings. The first-order valence-corrected chi connectivity index (χ1v) is 11.2. The van der Waals surface area contributed by atoms with Crippen molar-refractivity contribution in [2.75, 3.05) is 12.4 Å². The number of nitrogens with one attached hydrogen (secondary N) is 1. The maximum absolute atomic E-state index is 12.9. The molecule has 0 saturated heterocycles. The zero-order valence-corrected chi connectivity index (χ0v) is 20.0. The number of benzene rings is 3. The van der Waals surface area contributed by atoms with Crippen LogP contribution < -0.4 is 5.32 Å². The molecule has 35 heavy (non-hydrogen) atoms. The van der Waals surface area contributed by atoms with Crippen molar-refractivity contribution < 1.29 is 14.3 Å². The van der Waals surface area contributed by atoms with Gasteiger partial charge >= 0.3 is 5.97 Å². The van der Waals surface area contributed by atoms with Gasteiger partial charge in [-0.3, -0.25) is 4.79 Å². The second kappa shape index (κ2) is 10.3. The van der Waals surface area contributed by atoms with E-state index in [9.17, 15) is 14.9 Å². The van der Waals surface area contributed by atoms with Crippen molar-refractivity contribution in [2.24, 2.45) is 0 Å². The molecule has 6 nitrogen and oxygen atoms in total. The van der Waals surface area contributed by atoms with Gasteiger partial charge in [0, 0.05) is 39.9 Å². The Balaban J connectivity index is 1.68. The van der Waals surface area contributed by atoms with E-state index >= 15 is 0 Å². The van der Waals surface area contributed by atoms with Crippen LogP contribution in [-0.4, -0.2) is 23.6 Å². The Kier molecular flexibility index (Phi) is 7.00. The van der Waals surface area contributed by atoms with Crippen LogP contribution in [0.25, 0.3) is 17.0 Å². The Labute approximate surface area is 208 Å². The summed E-state index contributed by atoms with van der Waals surface area (Å²) in [5.74, 6) is -0.909. The lowest BCUT2D eigenvalue weighted by Gasteiger charge is -2.08. The summed E-state index contributed by atoms with van der Waals surface area (Å²) in [5, 5.41) is 13.9. The second-order valence-corrected chi connectivity index (χ2v) is 8.44. The maximum Gasteiger partial charge on any atom is 0.337 e. The molecular formula is C28H22ClN3O3. The number of aryl methyl sites for hydroxylation is 1. The largest absolute Gasteiger partial charge is 0.465 e. The van der Waals surface area contributed by atoms with Gasteiger partial charge in [0.05, 0.1) is 12.7 Å². The summed E-state index contributed by atoms with van der Waals surface area (Å²) in [5.41, 5.74) is 4.42. The highest BCUT2D eigenvalue weighted by Crippen LogP contribution is 2.26. The molecule has 174 valence electrons. The average molecular weight is 484 g/mol. The van der Waals surface area contributed by atoms with E-state index in [1.807, 2.05) is 60.2 Å². The van der Waals surface area contributed by atoms with Gasteiger partial charge < -0.3 is 14.6 Å². The number of carbonyl (C=O) groups is 2. The molecule has 1 N–H and O–H groups in total. The summed E-state index contributed by atoms with van der Waals surface area (Å²) in [6.07, 6.45) is 3.48. The van der Waals surface area contributed by atoms with Gasteiger partial charge in [0.25, 0.3) is 5.91 Å². The topological polar surface area (TPSA) is 84.1 Å². The van der Waals surface area contributed by atoms with E-state index in [1.54, 1.807) is 36.4 Å². The lowest BCUT2D eigenvalue weighted by Crippen LogP contribution is -2.14. The van der Waals surface area contributed by atoms with Crippen LogP contribution in [0, 0.1) is 18.3 Å². The zero-order valence-electron chi connectivity index (χ0n) is 19.2. The first-order valence-electron chi connectivity index (χ1n) is 10.8. The van der Waals surface area contributed by atoms with Gasteiger partial charge in [-0.15, -0.1) is 0 Å². The first kappa shape index (κ1) is 23.8. The van der Waals surface area contributed by atoms with Gasteiger partial charge in [-0.1, -0.05) is 48.0 Å². The number of nitrogens with zero attached hydrogens (tertiary/aromatic N) is 2. The van der Waals surface area contributed by atoms with Crippen molar-refractivity contribution in [3.05, 3.63) is 106 Å². The number of aromatic nitrogens is 1. The standard InChI is InChI=1S/C28H22ClN3O3/c1-18-10-11-23(29)14-25(18)31-27(33)21(15-30)13-22-17-32(26-9-4-3-8-24(22)26)16-19-6-5-7-20(12-19)28(34)35-2/h3-14,17H,16H2,1-2H3,(H,31,33)/b21-13-. The van der Waals surface area contributed by atoms with E-state index in [0.29, 0.717) is 22.8 Å². The third-order valence-electron chi connectivity index (χ3n) is 5.63. The van der Waals surface area contributed by atoms with Crippen LogP contribution >= 0.6 is 11.6 Å². The molecule has 0 fully saturated rings. The Morgan fingerprint density at radius 2 is 1.91 bits per heavy atom. The molecule has 0 saturated carbocycles. The van der Waals surface area contributed by atoms with Crippen molar-refractivity contribution in [1.82, 2.24) is 4.57 Å². The normalized spacial score (nSPS) is 11.2. The SMILES string of the molecule is COC(=O)c1cccc(Cn2cc(/C=C(/C#N)C(=O)Nc3cc(Cl)ccc3C)c3ccccc32)c1. The number of amides is 1. The van der Waals surface area contributed by atoms with Crippen LogP contribution in [0.1, 0.15) is 27.0 Å². The van der Waals surface area contributed by atoms with E-state index in [1.165, 1.54) is 7.11 Å². The summed E-state index contributed by atoms with van der Waals surface area (Å²) in [7, 11) is 1.35. The summed E-state index contributed by atoms with van der Waals surface area (Å²) in [6, 6.07) is 22.2. The van der Waals surface area contributed by atoms with Gasteiger partial charge in [0.15, 0.2) is 0 Å². The molecule has 0 radical (unpaired) electrons. The van der Waals surface area contributed by atoms with E-state index in [2.05, 4.69) is 5.32 Å². The van der Waals surface area contributed by atoms with Crippen molar-refractivity contribution in [1.29, 1.82) is 5.26 Å². The molecule has 4 aromatic rings. The highest BCUT2D eigenvalue weighted by molar-refractivity contribution is 6.31. The molecule has 0 aliphatic carbocycles. The molecule has 1 amide bonds. The average Bonchev–Trinajstić information content (AvgIpc) is 3.21. The van der Waals surface area contributed by atoms with Crippen molar-refractivity contribution in [2.45, 2.75) is 13.5 Å². The Morgan fingerprint density at radius 1 is 1.11 bits per heavy atom. The third kappa shape index (κ3) is 5.26. The molecule has 1 heterocycles. The number of rotatable bonds is 6. The van der Waals surface area contributed by atoms with Crippen LogP contribution in [0.4, 0.5) is 5.69 Å². The summed E-state index contributed by atoms with van der Waals surface area (Å²) >= 11 is 6.05. The van der Waals surface area contributed by atoms with E-state index in [4.69, 9.17) is 16.3 Å². The van der Waals surface area contributed by atoms with Crippen LogP contribution in [0.15, 0.2) is 78.5 Å². The number of hydrogen-bond acceptors (Lipinski definition) is 4. The maximum atomic E-state index is 12.9. The molecule has 0 bridgehead atoms. The predicted octanol–water partition coefficient (Wildman–Crippen LogP) is 5.98. The number of anilines is 1. The van der Waals surface area contributed by atoms with Crippen LogP contribution in [0.2, 0.25) is 5.02 Å². The summed E-state index contributed by atoms with van der Waals surface area (Å²) in [6.45, 7) is 2.35. The Hall–Kier alpha value is -4.34. The van der Waals surface area contributed by atoms with E-state index in [0.717, 1.165) is 27.6 Å². The van der Waals surface area contributed by atoms with Gasteiger partial charge in [0.2, 0.25) is 0 Å². The summed E-state index contributed by atoms with van der Waals surface area (Å²) in [4.78, 5) is 24.8. The van der Waals surface area contributed by atoms with Crippen LogP contribution in [0.3, 0.4) is 0 Å². The highest BCUT2D eigenvalue weighted by Gasteiger charge is 2.14. The number of ether oxygens (including phenoxy) is 1. The fourth-order valence-electron chi connectivity index (χ4n) is 3.85. The molecule has 1 aromatic heterocycles. The summed E-state index contributed by atoms with van der Waals surface area (Å²) < 4.78 is 6.84. The molecule has 0 unspecified atom stereocenters. The molecule has 0 spiro atoms. The number of fused-ring (bicyclic) bond motifs is 1. The van der Waals surface area contributed by atoms with Gasteiger partial charge in [-0.05, 0) is 54.5 Å². The second-order valence-electron chi connectivity index (χ2n) is 8.00. The van der Waals surface area contributed by atoms with E-state index < -0.39 is 11.9 Å². The monoisotopic (exact) mass is 483 g/mol. The molecular weight excluding hydrogens is 462 g/mol. The van der Waals surface area contributed by atoms with Gasteiger partial charge in [-0.2, -0.15) is 5.26 Å². The molecule has 4 rings (SSSR count). The zero-order chi connectivity index (χ0) is 24.9. The number of halogens is 1. The number of para-hydroxylation sites is 1. The molecule has 0 atom stereocenters. The van der Waals surface area contributed by atoms with Crippen molar-refractivity contribution in [3.8, 4) is 6.07 Å². The fraction of sp³-hybridized carbons (Fsp3) is 0.107. The molecule has 3 aromatic carbocycles. The van der Waals surface area contributed by atoms with Gasteiger partial charge in [0.1, 0.15) is 11.6 Å². The lowest BCUT2D eigenvalue weighted by molar-refractivity contribution is -0.112. The first-order chi connectivity index (χ1) is 16.9.